The van der Waals surface area contributed by atoms with E-state index in [0.29, 0.717) is 12.8 Å². The van der Waals surface area contributed by atoms with E-state index in [2.05, 4.69) is 5.32 Å². The first-order valence-corrected chi connectivity index (χ1v) is 8.90. The average molecular weight is 367 g/mol. The summed E-state index contributed by atoms with van der Waals surface area (Å²) < 4.78 is 5.29. The molecule has 1 rings (SSSR count). The largest absolute Gasteiger partial charge is 0.481 e. The minimum absolute atomic E-state index is 0.146. The summed E-state index contributed by atoms with van der Waals surface area (Å²) in [6.07, 6.45) is 2.19. The Labute approximate surface area is 154 Å². The molecule has 1 saturated carbocycles. The SMILES string of the molecule is CN(C(=O)C(CC#N)CC(=O)O)[C@H]1CCCC[C@@H]1NC(=O)OC(C)(C)C. The number of likely N-dealkylation sites (N-methyl/N-ethyl adjacent to an activating group) is 1. The first-order valence-electron chi connectivity index (χ1n) is 8.90. The molecule has 0 aromatic rings. The molecule has 0 bridgehead atoms. The highest BCUT2D eigenvalue weighted by molar-refractivity contribution is 5.83. The zero-order valence-corrected chi connectivity index (χ0v) is 15.9. The number of nitriles is 1. The number of alkyl carbamates (subject to hydrolysis) is 1. The van der Waals surface area contributed by atoms with E-state index in [-0.39, 0.29) is 30.8 Å². The first kappa shape index (κ1) is 21.7. The zero-order chi connectivity index (χ0) is 19.9. The van der Waals surface area contributed by atoms with Gasteiger partial charge < -0.3 is 20.1 Å². The van der Waals surface area contributed by atoms with Crippen molar-refractivity contribution in [2.24, 2.45) is 5.92 Å². The summed E-state index contributed by atoms with van der Waals surface area (Å²) in [6, 6.07) is 1.37. The monoisotopic (exact) mass is 367 g/mol. The van der Waals surface area contributed by atoms with Crippen LogP contribution in [0.1, 0.15) is 59.3 Å². The van der Waals surface area contributed by atoms with E-state index >= 15 is 0 Å². The second-order valence-electron chi connectivity index (χ2n) is 7.71. The molecule has 146 valence electrons. The molecular formula is C18H29N3O5. The summed E-state index contributed by atoms with van der Waals surface area (Å²) in [4.78, 5) is 37.3. The normalized spacial score (nSPS) is 21.2. The second kappa shape index (κ2) is 9.41. The van der Waals surface area contributed by atoms with E-state index in [1.807, 2.05) is 6.07 Å². The van der Waals surface area contributed by atoms with Crippen LogP contribution in [0.3, 0.4) is 0 Å². The fourth-order valence-electron chi connectivity index (χ4n) is 3.22. The van der Waals surface area contributed by atoms with Gasteiger partial charge >= 0.3 is 12.1 Å². The fraction of sp³-hybridized carbons (Fsp3) is 0.778. The Morgan fingerprint density at radius 1 is 1.31 bits per heavy atom. The molecule has 0 heterocycles. The lowest BCUT2D eigenvalue weighted by Crippen LogP contribution is -2.55. The van der Waals surface area contributed by atoms with Crippen LogP contribution in [0.4, 0.5) is 4.79 Å². The maximum atomic E-state index is 12.7. The minimum atomic E-state index is -1.11. The molecule has 0 aliphatic heterocycles. The molecule has 8 heteroatoms. The molecule has 1 aliphatic rings. The number of carboxylic acid groups (broad SMARTS) is 1. The van der Waals surface area contributed by atoms with E-state index in [9.17, 15) is 14.4 Å². The lowest BCUT2D eigenvalue weighted by molar-refractivity contribution is -0.145. The molecule has 2 N–H and O–H groups in total. The third-order valence-corrected chi connectivity index (χ3v) is 4.38. The van der Waals surface area contributed by atoms with Crippen LogP contribution < -0.4 is 5.32 Å². The topological polar surface area (TPSA) is 120 Å². The number of rotatable bonds is 6. The van der Waals surface area contributed by atoms with Gasteiger partial charge in [0, 0.05) is 13.5 Å². The van der Waals surface area contributed by atoms with Gasteiger partial charge in [-0.1, -0.05) is 12.8 Å². The number of carbonyl (C=O) groups excluding carboxylic acids is 2. The molecule has 0 spiro atoms. The van der Waals surface area contributed by atoms with Gasteiger partial charge in [-0.2, -0.15) is 5.26 Å². The van der Waals surface area contributed by atoms with Crippen molar-refractivity contribution in [3.63, 3.8) is 0 Å². The van der Waals surface area contributed by atoms with E-state index in [4.69, 9.17) is 15.1 Å². The van der Waals surface area contributed by atoms with Gasteiger partial charge in [0.1, 0.15) is 5.60 Å². The highest BCUT2D eigenvalue weighted by Gasteiger charge is 2.35. The fourth-order valence-corrected chi connectivity index (χ4v) is 3.22. The van der Waals surface area contributed by atoms with Gasteiger partial charge in [-0.25, -0.2) is 4.79 Å². The van der Waals surface area contributed by atoms with E-state index in [1.54, 1.807) is 27.8 Å². The highest BCUT2D eigenvalue weighted by atomic mass is 16.6. The summed E-state index contributed by atoms with van der Waals surface area (Å²) >= 11 is 0. The van der Waals surface area contributed by atoms with Crippen LogP contribution in [0.25, 0.3) is 0 Å². The Bertz CT molecular complexity index is 564. The van der Waals surface area contributed by atoms with Crippen molar-refractivity contribution in [3.8, 4) is 6.07 Å². The maximum Gasteiger partial charge on any atom is 0.407 e. The van der Waals surface area contributed by atoms with Crippen LogP contribution in [-0.4, -0.2) is 52.7 Å². The van der Waals surface area contributed by atoms with Gasteiger partial charge in [0.25, 0.3) is 0 Å². The minimum Gasteiger partial charge on any atom is -0.481 e. The third kappa shape index (κ3) is 6.90. The van der Waals surface area contributed by atoms with Crippen molar-refractivity contribution >= 4 is 18.0 Å². The Kier molecular flexibility index (Phi) is 7.87. The molecule has 3 atom stereocenters. The molecule has 0 saturated heterocycles. The summed E-state index contributed by atoms with van der Waals surface area (Å²) in [7, 11) is 1.61. The Balaban J connectivity index is 2.83. The quantitative estimate of drug-likeness (QED) is 0.743. The highest BCUT2D eigenvalue weighted by Crippen LogP contribution is 2.25. The van der Waals surface area contributed by atoms with Crippen molar-refractivity contribution in [3.05, 3.63) is 0 Å². The molecule has 2 amide bonds. The van der Waals surface area contributed by atoms with Crippen LogP contribution >= 0.6 is 0 Å². The molecule has 0 aromatic heterocycles. The van der Waals surface area contributed by atoms with E-state index in [1.165, 1.54) is 4.90 Å². The van der Waals surface area contributed by atoms with Crippen molar-refractivity contribution in [2.45, 2.75) is 77.0 Å². The third-order valence-electron chi connectivity index (χ3n) is 4.38. The number of nitrogens with zero attached hydrogens (tertiary/aromatic N) is 2. The Morgan fingerprint density at radius 3 is 2.46 bits per heavy atom. The summed E-state index contributed by atoms with van der Waals surface area (Å²) in [5.74, 6) is -2.37. The van der Waals surface area contributed by atoms with Gasteiger partial charge in [0.15, 0.2) is 0 Å². The molecule has 0 radical (unpaired) electrons. The predicted octanol–water partition coefficient (Wildman–Crippen LogP) is 2.29. The molecule has 1 aliphatic carbocycles. The number of nitrogens with one attached hydrogen (secondary N) is 1. The number of hydrogen-bond donors (Lipinski definition) is 2. The second-order valence-corrected chi connectivity index (χ2v) is 7.71. The number of amides is 2. The summed E-state index contributed by atoms with van der Waals surface area (Å²) in [5.41, 5.74) is -0.616. The molecular weight excluding hydrogens is 338 g/mol. The van der Waals surface area contributed by atoms with Crippen molar-refractivity contribution in [2.75, 3.05) is 7.05 Å². The van der Waals surface area contributed by atoms with Crippen LogP contribution in [0, 0.1) is 17.2 Å². The zero-order valence-electron chi connectivity index (χ0n) is 15.9. The molecule has 1 fully saturated rings. The first-order chi connectivity index (χ1) is 12.0. The number of ether oxygens (including phenoxy) is 1. The van der Waals surface area contributed by atoms with E-state index in [0.717, 1.165) is 12.8 Å². The number of carboxylic acids is 1. The molecule has 8 nitrogen and oxygen atoms in total. The van der Waals surface area contributed by atoms with Crippen LogP contribution in [0.5, 0.6) is 0 Å². The van der Waals surface area contributed by atoms with Crippen molar-refractivity contribution in [1.29, 1.82) is 5.26 Å². The maximum absolute atomic E-state index is 12.7. The number of aliphatic carboxylic acids is 1. The Hall–Kier alpha value is -2.30. The molecule has 26 heavy (non-hydrogen) atoms. The van der Waals surface area contributed by atoms with Gasteiger partial charge in [-0.15, -0.1) is 0 Å². The predicted molar refractivity (Wildman–Crippen MR) is 94.2 cm³/mol. The standard InChI is InChI=1S/C18H29N3O5/c1-18(2,3)26-17(25)20-13-7-5-6-8-14(13)21(4)16(24)12(9-10-19)11-15(22)23/h12-14H,5-9,11H2,1-4H3,(H,20,25)(H,22,23)/t12?,13-,14-/m0/s1. The number of carbonyl (C=O) groups is 3. The lowest BCUT2D eigenvalue weighted by Gasteiger charge is -2.39. The van der Waals surface area contributed by atoms with Gasteiger partial charge in [-0.3, -0.25) is 9.59 Å². The molecule has 0 aromatic carbocycles. The Morgan fingerprint density at radius 2 is 1.92 bits per heavy atom. The van der Waals surface area contributed by atoms with E-state index < -0.39 is 23.6 Å². The molecule has 1 unspecified atom stereocenters. The van der Waals surface area contributed by atoms with Crippen molar-refractivity contribution in [1.82, 2.24) is 10.2 Å². The summed E-state index contributed by atoms with van der Waals surface area (Å²) in [5, 5.41) is 20.7. The lowest BCUT2D eigenvalue weighted by atomic mass is 9.88. The van der Waals surface area contributed by atoms with Gasteiger partial charge in [0.2, 0.25) is 5.91 Å². The van der Waals surface area contributed by atoms with Crippen LogP contribution in [0.2, 0.25) is 0 Å². The van der Waals surface area contributed by atoms with Crippen molar-refractivity contribution < 1.29 is 24.2 Å². The smallest absolute Gasteiger partial charge is 0.407 e. The van der Waals surface area contributed by atoms with Crippen LogP contribution in [0.15, 0.2) is 0 Å². The van der Waals surface area contributed by atoms with Gasteiger partial charge in [0.05, 0.1) is 30.5 Å². The van der Waals surface area contributed by atoms with Crippen LogP contribution in [-0.2, 0) is 14.3 Å². The average Bonchev–Trinajstić information content (AvgIpc) is 2.51. The number of hydrogen-bond acceptors (Lipinski definition) is 5. The summed E-state index contributed by atoms with van der Waals surface area (Å²) in [6.45, 7) is 5.33. The van der Waals surface area contributed by atoms with Gasteiger partial charge in [-0.05, 0) is 33.6 Å².